The zero-order valence-electron chi connectivity index (χ0n) is 17.9. The van der Waals surface area contributed by atoms with Crippen molar-refractivity contribution in [3.8, 4) is 0 Å². The molecule has 0 saturated heterocycles. The molecule has 0 amide bonds. The van der Waals surface area contributed by atoms with E-state index >= 15 is 0 Å². The van der Waals surface area contributed by atoms with Crippen molar-refractivity contribution in [1.29, 1.82) is 0 Å². The summed E-state index contributed by atoms with van der Waals surface area (Å²) in [6, 6.07) is 13.5. The number of hydrogen-bond donors (Lipinski definition) is 0. The first-order valence-corrected chi connectivity index (χ1v) is 18.2. The molecule has 2 rings (SSSR count). The van der Waals surface area contributed by atoms with Crippen LogP contribution in [0.3, 0.4) is 0 Å². The summed E-state index contributed by atoms with van der Waals surface area (Å²) in [4.78, 5) is 0. The average molecular weight is 492 g/mol. The molecule has 0 aromatic heterocycles. The molecule has 0 N–H and O–H groups in total. The second kappa shape index (κ2) is 18.7. The Balaban J connectivity index is 0. The van der Waals surface area contributed by atoms with Gasteiger partial charge < -0.3 is 0 Å². The number of halogens is 2. The quantitative estimate of drug-likeness (QED) is 0.299. The van der Waals surface area contributed by atoms with Gasteiger partial charge in [0.25, 0.3) is 0 Å². The van der Waals surface area contributed by atoms with Crippen LogP contribution in [0, 0.1) is 0 Å². The van der Waals surface area contributed by atoms with Crippen LogP contribution in [-0.4, -0.2) is 9.52 Å². The molecule has 0 unspecified atom stereocenters. The molecule has 0 bridgehead atoms. The third-order valence-electron chi connectivity index (χ3n) is 3.83. The fourth-order valence-corrected chi connectivity index (χ4v) is 2.19. The van der Waals surface area contributed by atoms with Crippen molar-refractivity contribution in [2.75, 3.05) is 0 Å². The Labute approximate surface area is 184 Å². The molecule has 0 fully saturated rings. The van der Waals surface area contributed by atoms with E-state index in [2.05, 4.69) is 91.0 Å². The van der Waals surface area contributed by atoms with Crippen LogP contribution in [0.15, 0.2) is 36.4 Å². The van der Waals surface area contributed by atoms with Gasteiger partial charge in [0.2, 0.25) is 0 Å². The molecule has 0 aliphatic rings. The van der Waals surface area contributed by atoms with Gasteiger partial charge in [0.1, 0.15) is 0 Å². The SMILES string of the molecule is CCc1c[cH-]c(C(C)C)c1.CCc1c[cH-]c(C(C)C)c1.C[SiH]C.[Cl][Zr+2][Cl]. The summed E-state index contributed by atoms with van der Waals surface area (Å²) in [5.74, 6) is 1.36. The number of aryl methyl sites for hydroxylation is 2. The Morgan fingerprint density at radius 1 is 0.846 bits per heavy atom. The van der Waals surface area contributed by atoms with Crippen LogP contribution in [0.5, 0.6) is 0 Å². The molecule has 0 spiro atoms. The first-order chi connectivity index (χ1) is 12.3. The van der Waals surface area contributed by atoms with E-state index in [0.29, 0.717) is 11.8 Å². The molecule has 1 radical (unpaired) electrons. The zero-order chi connectivity index (χ0) is 20.5. The van der Waals surface area contributed by atoms with Gasteiger partial charge in [0.05, 0.1) is 0 Å². The van der Waals surface area contributed by atoms with Gasteiger partial charge in [-0.1, -0.05) is 67.5 Å². The summed E-state index contributed by atoms with van der Waals surface area (Å²) in [6.45, 7) is 17.7. The molecule has 0 aliphatic heterocycles. The van der Waals surface area contributed by atoms with Crippen LogP contribution < -0.4 is 0 Å². The van der Waals surface area contributed by atoms with E-state index in [1.54, 1.807) is 0 Å². The Morgan fingerprint density at radius 2 is 1.12 bits per heavy atom. The summed E-state index contributed by atoms with van der Waals surface area (Å²) < 4.78 is 0. The fraction of sp³-hybridized carbons (Fsp3) is 0.545. The second-order valence-electron chi connectivity index (χ2n) is 6.77. The molecule has 0 nitrogen and oxygen atoms in total. The van der Waals surface area contributed by atoms with Crippen LogP contribution in [0.4, 0.5) is 0 Å². The third kappa shape index (κ3) is 14.4. The van der Waals surface area contributed by atoms with Crippen LogP contribution in [0.25, 0.3) is 0 Å². The maximum absolute atomic E-state index is 4.93. The van der Waals surface area contributed by atoms with Gasteiger partial charge in [0, 0.05) is 9.52 Å². The molecule has 2 aromatic carbocycles. The van der Waals surface area contributed by atoms with Gasteiger partial charge in [0.15, 0.2) is 0 Å². The molecule has 2 aromatic rings. The van der Waals surface area contributed by atoms with E-state index in [9.17, 15) is 0 Å². The normalized spacial score (nSPS) is 9.38. The summed E-state index contributed by atoms with van der Waals surface area (Å²) in [5.41, 5.74) is 5.86. The summed E-state index contributed by atoms with van der Waals surface area (Å²) in [6.07, 6.45) is 2.32. The monoisotopic (exact) mass is 489 g/mol. The van der Waals surface area contributed by atoms with E-state index < -0.39 is 20.8 Å². The molecule has 0 atom stereocenters. The van der Waals surface area contributed by atoms with Crippen LogP contribution in [-0.2, 0) is 33.7 Å². The average Bonchev–Trinajstić information content (AvgIpc) is 3.26. The summed E-state index contributed by atoms with van der Waals surface area (Å²) in [7, 11) is 10.6. The molecule has 0 saturated carbocycles. The predicted molar refractivity (Wildman–Crippen MR) is 122 cm³/mol. The predicted octanol–water partition coefficient (Wildman–Crippen LogP) is 8.08. The second-order valence-corrected chi connectivity index (χ2v) is 11.7. The van der Waals surface area contributed by atoms with Crippen molar-refractivity contribution in [2.24, 2.45) is 0 Å². The number of rotatable bonds is 4. The first-order valence-electron chi connectivity index (χ1n) is 9.52. The molecular formula is C22H37Cl2SiZr. The zero-order valence-corrected chi connectivity index (χ0v) is 23.0. The van der Waals surface area contributed by atoms with E-state index in [1.807, 2.05) is 0 Å². The topological polar surface area (TPSA) is 0 Å². The van der Waals surface area contributed by atoms with Gasteiger partial charge in [-0.25, -0.2) is 12.1 Å². The van der Waals surface area contributed by atoms with Gasteiger partial charge in [-0.3, -0.25) is 0 Å². The van der Waals surface area contributed by atoms with Gasteiger partial charge in [-0.2, -0.15) is 46.5 Å². The number of hydrogen-bond acceptors (Lipinski definition) is 0. The third-order valence-corrected chi connectivity index (χ3v) is 3.83. The minimum absolute atomic E-state index is 0.681. The Hall–Kier alpha value is 0.380. The van der Waals surface area contributed by atoms with E-state index in [1.165, 1.54) is 22.3 Å². The van der Waals surface area contributed by atoms with Gasteiger partial charge in [-0.15, -0.1) is 0 Å². The van der Waals surface area contributed by atoms with E-state index in [4.69, 9.17) is 17.0 Å². The van der Waals surface area contributed by atoms with Gasteiger partial charge in [-0.05, 0) is 11.8 Å². The van der Waals surface area contributed by atoms with Crippen molar-refractivity contribution < 1.29 is 20.8 Å². The van der Waals surface area contributed by atoms with Crippen molar-refractivity contribution in [2.45, 2.75) is 79.3 Å². The van der Waals surface area contributed by atoms with Gasteiger partial charge >= 0.3 is 37.9 Å². The van der Waals surface area contributed by atoms with Crippen LogP contribution >= 0.6 is 17.0 Å². The van der Waals surface area contributed by atoms with Crippen molar-refractivity contribution >= 4 is 26.5 Å². The van der Waals surface area contributed by atoms with Crippen molar-refractivity contribution in [1.82, 2.24) is 0 Å². The fourth-order valence-electron chi connectivity index (χ4n) is 2.19. The standard InChI is InChI=1S/2C10H15.C2H7Si.2ClH.Zr/c2*1-4-9-5-6-10(7-9)8(2)3;1-3-2;;;/h2*5-8H,4H2,1-3H3;3H,1-2H3;2*1H;/q2*-1;;;;+4/p-2. The molecule has 4 heteroatoms. The molecule has 0 heterocycles. The van der Waals surface area contributed by atoms with E-state index in [0.717, 1.165) is 22.4 Å². The van der Waals surface area contributed by atoms with Crippen molar-refractivity contribution in [3.63, 3.8) is 0 Å². The molecule has 26 heavy (non-hydrogen) atoms. The summed E-state index contributed by atoms with van der Waals surface area (Å²) in [5, 5.41) is 0. The Bertz CT molecular complexity index is 481. The minimum atomic E-state index is -0.826. The molecule has 0 aliphatic carbocycles. The van der Waals surface area contributed by atoms with Crippen molar-refractivity contribution in [3.05, 3.63) is 58.7 Å². The summed E-state index contributed by atoms with van der Waals surface area (Å²) >= 11 is -0.826. The molecule has 147 valence electrons. The molecular weight excluding hydrogens is 454 g/mol. The van der Waals surface area contributed by atoms with Crippen LogP contribution in [0.2, 0.25) is 13.1 Å². The van der Waals surface area contributed by atoms with Crippen LogP contribution in [0.1, 0.15) is 75.6 Å². The Kier molecular flexibility index (Phi) is 20.6. The maximum atomic E-state index is 4.93. The Morgan fingerprint density at radius 3 is 1.23 bits per heavy atom. The first kappa shape index (κ1) is 28.6. The van der Waals surface area contributed by atoms with E-state index in [-0.39, 0.29) is 0 Å².